The summed E-state index contributed by atoms with van der Waals surface area (Å²) >= 11 is 3.47. The van der Waals surface area contributed by atoms with Gasteiger partial charge in [-0.25, -0.2) is 0 Å². The van der Waals surface area contributed by atoms with E-state index in [4.69, 9.17) is 9.47 Å². The maximum Gasteiger partial charge on any atom is 0.125 e. The van der Waals surface area contributed by atoms with Crippen LogP contribution in [0.3, 0.4) is 0 Å². The predicted molar refractivity (Wildman–Crippen MR) is 86.8 cm³/mol. The highest BCUT2D eigenvalue weighted by atomic mass is 79.9. The number of methoxy groups -OCH3 is 1. The number of benzene rings is 2. The van der Waals surface area contributed by atoms with Crippen molar-refractivity contribution in [2.75, 3.05) is 20.3 Å². The van der Waals surface area contributed by atoms with Gasteiger partial charge in [-0.3, -0.25) is 0 Å². The second-order valence-corrected chi connectivity index (χ2v) is 5.64. The average molecular weight is 351 g/mol. The summed E-state index contributed by atoms with van der Waals surface area (Å²) in [6, 6.07) is 13.4. The predicted octanol–water partition coefficient (Wildman–Crippen LogP) is 3.86. The van der Waals surface area contributed by atoms with Crippen LogP contribution in [0.5, 0.6) is 5.75 Å². The molecule has 0 aliphatic carbocycles. The van der Waals surface area contributed by atoms with E-state index < -0.39 is 6.10 Å². The maximum absolute atomic E-state index is 10.6. The molecule has 112 valence electrons. The SMILES string of the molecule is COCCOc1ccccc1C(O)c1ccc(Br)c(C)c1. The van der Waals surface area contributed by atoms with E-state index in [9.17, 15) is 5.11 Å². The highest BCUT2D eigenvalue weighted by Gasteiger charge is 2.16. The fraction of sp³-hybridized carbons (Fsp3) is 0.294. The largest absolute Gasteiger partial charge is 0.491 e. The van der Waals surface area contributed by atoms with Crippen LogP contribution in [-0.4, -0.2) is 25.4 Å². The summed E-state index contributed by atoms with van der Waals surface area (Å²) in [5, 5.41) is 10.6. The van der Waals surface area contributed by atoms with Crippen molar-refractivity contribution in [1.29, 1.82) is 0 Å². The van der Waals surface area contributed by atoms with Crippen LogP contribution in [0.25, 0.3) is 0 Å². The van der Waals surface area contributed by atoms with Gasteiger partial charge >= 0.3 is 0 Å². The summed E-state index contributed by atoms with van der Waals surface area (Å²) in [5.74, 6) is 0.683. The Kier molecular flexibility index (Phi) is 5.79. The first-order chi connectivity index (χ1) is 10.1. The number of hydrogen-bond donors (Lipinski definition) is 1. The number of halogens is 1. The number of ether oxygens (including phenoxy) is 2. The van der Waals surface area contributed by atoms with Crippen molar-refractivity contribution < 1.29 is 14.6 Å². The van der Waals surface area contributed by atoms with Gasteiger partial charge in [0.1, 0.15) is 18.5 Å². The quantitative estimate of drug-likeness (QED) is 0.803. The second kappa shape index (κ2) is 7.59. The number of aryl methyl sites for hydroxylation is 1. The molecule has 1 unspecified atom stereocenters. The van der Waals surface area contributed by atoms with E-state index in [1.165, 1.54) is 0 Å². The van der Waals surface area contributed by atoms with Crippen molar-refractivity contribution in [2.24, 2.45) is 0 Å². The molecule has 2 aromatic rings. The zero-order valence-corrected chi connectivity index (χ0v) is 13.8. The third-order valence-corrected chi connectivity index (χ3v) is 4.15. The van der Waals surface area contributed by atoms with Crippen LogP contribution in [0.15, 0.2) is 46.9 Å². The topological polar surface area (TPSA) is 38.7 Å². The Morgan fingerprint density at radius 1 is 1.14 bits per heavy atom. The lowest BCUT2D eigenvalue weighted by Crippen LogP contribution is -2.08. The lowest BCUT2D eigenvalue weighted by atomic mass is 9.99. The van der Waals surface area contributed by atoms with Gasteiger partial charge in [0.2, 0.25) is 0 Å². The second-order valence-electron chi connectivity index (χ2n) is 4.79. The standard InChI is InChI=1S/C17H19BrO3/c1-12-11-13(7-8-15(12)18)17(19)14-5-3-4-6-16(14)21-10-9-20-2/h3-8,11,17,19H,9-10H2,1-2H3. The molecule has 0 spiro atoms. The molecule has 4 heteroatoms. The maximum atomic E-state index is 10.6. The zero-order valence-electron chi connectivity index (χ0n) is 12.2. The van der Waals surface area contributed by atoms with E-state index in [0.717, 1.165) is 21.2 Å². The van der Waals surface area contributed by atoms with Crippen molar-refractivity contribution in [3.05, 3.63) is 63.6 Å². The molecule has 0 amide bonds. The van der Waals surface area contributed by atoms with Crippen LogP contribution in [0.1, 0.15) is 22.8 Å². The van der Waals surface area contributed by atoms with Gasteiger partial charge in [0.25, 0.3) is 0 Å². The summed E-state index contributed by atoms with van der Waals surface area (Å²) in [7, 11) is 1.63. The van der Waals surface area contributed by atoms with Gasteiger partial charge in [-0.1, -0.05) is 46.3 Å². The van der Waals surface area contributed by atoms with E-state index in [1.54, 1.807) is 7.11 Å². The molecule has 0 saturated heterocycles. The van der Waals surface area contributed by atoms with Crippen LogP contribution >= 0.6 is 15.9 Å². The summed E-state index contributed by atoms with van der Waals surface area (Å²) in [5.41, 5.74) is 2.69. The monoisotopic (exact) mass is 350 g/mol. The minimum absolute atomic E-state index is 0.458. The lowest BCUT2D eigenvalue weighted by Gasteiger charge is -2.17. The smallest absolute Gasteiger partial charge is 0.125 e. The third-order valence-electron chi connectivity index (χ3n) is 3.26. The van der Waals surface area contributed by atoms with Crippen molar-refractivity contribution >= 4 is 15.9 Å². The van der Waals surface area contributed by atoms with Crippen LogP contribution in [0.2, 0.25) is 0 Å². The highest BCUT2D eigenvalue weighted by Crippen LogP contribution is 2.31. The molecule has 0 radical (unpaired) electrons. The molecule has 0 aromatic heterocycles. The Morgan fingerprint density at radius 3 is 2.62 bits per heavy atom. The zero-order chi connectivity index (χ0) is 15.2. The first kappa shape index (κ1) is 16.0. The first-order valence-electron chi connectivity index (χ1n) is 6.78. The number of hydrogen-bond acceptors (Lipinski definition) is 3. The number of aliphatic hydroxyl groups is 1. The van der Waals surface area contributed by atoms with E-state index in [-0.39, 0.29) is 0 Å². The van der Waals surface area contributed by atoms with E-state index in [0.29, 0.717) is 19.0 Å². The average Bonchev–Trinajstić information content (AvgIpc) is 2.50. The van der Waals surface area contributed by atoms with Crippen molar-refractivity contribution in [2.45, 2.75) is 13.0 Å². The Hall–Kier alpha value is -1.36. The number of aliphatic hydroxyl groups excluding tert-OH is 1. The molecular weight excluding hydrogens is 332 g/mol. The molecule has 21 heavy (non-hydrogen) atoms. The molecule has 1 N–H and O–H groups in total. The molecule has 0 bridgehead atoms. The Morgan fingerprint density at radius 2 is 1.90 bits per heavy atom. The molecular formula is C17H19BrO3. The fourth-order valence-corrected chi connectivity index (χ4v) is 2.34. The molecule has 0 aliphatic heterocycles. The van der Waals surface area contributed by atoms with Crippen molar-refractivity contribution in [3.8, 4) is 5.75 Å². The molecule has 0 heterocycles. The number of para-hydroxylation sites is 1. The molecule has 0 fully saturated rings. The van der Waals surface area contributed by atoms with Crippen LogP contribution in [0.4, 0.5) is 0 Å². The minimum Gasteiger partial charge on any atom is -0.491 e. The Labute approximate surface area is 133 Å². The fourth-order valence-electron chi connectivity index (χ4n) is 2.09. The van der Waals surface area contributed by atoms with Gasteiger partial charge in [-0.15, -0.1) is 0 Å². The van der Waals surface area contributed by atoms with Crippen LogP contribution in [-0.2, 0) is 4.74 Å². The molecule has 2 aromatic carbocycles. The highest BCUT2D eigenvalue weighted by molar-refractivity contribution is 9.10. The van der Waals surface area contributed by atoms with Gasteiger partial charge in [0.05, 0.1) is 6.61 Å². The van der Waals surface area contributed by atoms with Crippen LogP contribution < -0.4 is 4.74 Å². The van der Waals surface area contributed by atoms with Crippen molar-refractivity contribution in [1.82, 2.24) is 0 Å². The van der Waals surface area contributed by atoms with E-state index in [1.807, 2.05) is 49.4 Å². The summed E-state index contributed by atoms with van der Waals surface area (Å²) in [6.45, 7) is 2.97. The lowest BCUT2D eigenvalue weighted by molar-refractivity contribution is 0.142. The Balaban J connectivity index is 2.25. The third kappa shape index (κ3) is 4.06. The van der Waals surface area contributed by atoms with Gasteiger partial charge in [-0.05, 0) is 30.2 Å². The van der Waals surface area contributed by atoms with Gasteiger partial charge in [0.15, 0.2) is 0 Å². The van der Waals surface area contributed by atoms with Gasteiger partial charge in [-0.2, -0.15) is 0 Å². The summed E-state index contributed by atoms with van der Waals surface area (Å²) < 4.78 is 11.7. The number of rotatable bonds is 6. The molecule has 2 rings (SSSR count). The van der Waals surface area contributed by atoms with Gasteiger partial charge in [0, 0.05) is 17.1 Å². The Bertz CT molecular complexity index is 598. The van der Waals surface area contributed by atoms with Gasteiger partial charge < -0.3 is 14.6 Å². The molecule has 0 saturated carbocycles. The first-order valence-corrected chi connectivity index (χ1v) is 7.57. The van der Waals surface area contributed by atoms with E-state index in [2.05, 4.69) is 15.9 Å². The van der Waals surface area contributed by atoms with Crippen LogP contribution in [0, 0.1) is 6.92 Å². The normalized spacial score (nSPS) is 12.2. The van der Waals surface area contributed by atoms with Crippen molar-refractivity contribution in [3.63, 3.8) is 0 Å². The molecule has 1 atom stereocenters. The van der Waals surface area contributed by atoms with E-state index >= 15 is 0 Å². The summed E-state index contributed by atoms with van der Waals surface area (Å²) in [6.07, 6.45) is -0.712. The minimum atomic E-state index is -0.712. The summed E-state index contributed by atoms with van der Waals surface area (Å²) in [4.78, 5) is 0. The molecule has 3 nitrogen and oxygen atoms in total. The molecule has 0 aliphatic rings.